The zero-order valence-corrected chi connectivity index (χ0v) is 15.4. The van der Waals surface area contributed by atoms with Crippen molar-refractivity contribution in [2.24, 2.45) is 0 Å². The molecule has 0 atom stereocenters. The van der Waals surface area contributed by atoms with Crippen molar-refractivity contribution >= 4 is 34.8 Å². The third-order valence-electron chi connectivity index (χ3n) is 3.72. The molecule has 0 radical (unpaired) electrons. The number of hydrogen-bond acceptors (Lipinski definition) is 3. The van der Waals surface area contributed by atoms with E-state index in [-0.39, 0.29) is 24.2 Å². The molecule has 0 saturated heterocycles. The molecule has 0 heterocycles. The van der Waals surface area contributed by atoms with Gasteiger partial charge in [-0.15, -0.1) is 0 Å². The van der Waals surface area contributed by atoms with E-state index in [1.54, 1.807) is 48.5 Å². The lowest BCUT2D eigenvalue weighted by Gasteiger charge is -2.09. The lowest BCUT2D eigenvalue weighted by Crippen LogP contribution is -2.20. The second kappa shape index (κ2) is 9.01. The highest BCUT2D eigenvalue weighted by Crippen LogP contribution is 2.16. The Morgan fingerprint density at radius 3 is 2.04 bits per heavy atom. The Bertz CT molecular complexity index is 958. The second-order valence-electron chi connectivity index (χ2n) is 5.83. The molecular formula is C21H16ClFN2O3. The zero-order valence-electron chi connectivity index (χ0n) is 14.6. The smallest absolute Gasteiger partial charge is 0.262 e. The van der Waals surface area contributed by atoms with Crippen LogP contribution in [0.3, 0.4) is 0 Å². The summed E-state index contributed by atoms with van der Waals surface area (Å²) >= 11 is 5.82. The van der Waals surface area contributed by atoms with Crippen LogP contribution < -0.4 is 15.4 Å². The molecule has 0 aromatic heterocycles. The maximum atomic E-state index is 12.8. The number of carbonyl (C=O) groups excluding carboxylic acids is 2. The Kier molecular flexibility index (Phi) is 6.24. The van der Waals surface area contributed by atoms with Crippen molar-refractivity contribution in [3.8, 4) is 5.75 Å². The number of ether oxygens (including phenoxy) is 1. The second-order valence-corrected chi connectivity index (χ2v) is 6.27. The van der Waals surface area contributed by atoms with E-state index in [0.717, 1.165) is 0 Å². The lowest BCUT2D eigenvalue weighted by molar-refractivity contribution is -0.118. The van der Waals surface area contributed by atoms with Crippen LogP contribution in [0.15, 0.2) is 72.8 Å². The third-order valence-corrected chi connectivity index (χ3v) is 3.97. The Morgan fingerprint density at radius 2 is 1.39 bits per heavy atom. The first-order valence-corrected chi connectivity index (χ1v) is 8.72. The minimum Gasteiger partial charge on any atom is -0.484 e. The Balaban J connectivity index is 1.50. The highest BCUT2D eigenvalue weighted by molar-refractivity contribution is 6.30. The number of carbonyl (C=O) groups is 2. The molecule has 0 saturated carbocycles. The van der Waals surface area contributed by atoms with Gasteiger partial charge in [0.2, 0.25) is 0 Å². The van der Waals surface area contributed by atoms with Crippen LogP contribution in [0.2, 0.25) is 5.02 Å². The molecule has 0 aliphatic carbocycles. The van der Waals surface area contributed by atoms with E-state index in [2.05, 4.69) is 10.6 Å². The molecular weight excluding hydrogens is 383 g/mol. The number of hydrogen-bond donors (Lipinski definition) is 2. The summed E-state index contributed by atoms with van der Waals surface area (Å²) in [5.41, 5.74) is 1.55. The molecule has 3 aromatic rings. The van der Waals surface area contributed by atoms with Gasteiger partial charge >= 0.3 is 0 Å². The highest BCUT2D eigenvalue weighted by atomic mass is 35.5. The Labute approximate surface area is 166 Å². The first kappa shape index (κ1) is 19.4. The number of halogens is 2. The van der Waals surface area contributed by atoms with Gasteiger partial charge in [0.05, 0.1) is 0 Å². The minimum atomic E-state index is -0.380. The minimum absolute atomic E-state index is 0.215. The van der Waals surface area contributed by atoms with Crippen LogP contribution in [-0.2, 0) is 4.79 Å². The summed E-state index contributed by atoms with van der Waals surface area (Å²) in [5, 5.41) is 5.94. The molecule has 2 amide bonds. The van der Waals surface area contributed by atoms with Gasteiger partial charge in [0.15, 0.2) is 6.61 Å². The van der Waals surface area contributed by atoms with Gasteiger partial charge in [-0.25, -0.2) is 4.39 Å². The largest absolute Gasteiger partial charge is 0.484 e. The molecule has 0 bridgehead atoms. The van der Waals surface area contributed by atoms with Gasteiger partial charge in [0.1, 0.15) is 11.6 Å². The number of anilines is 2. The van der Waals surface area contributed by atoms with Crippen LogP contribution in [0.4, 0.5) is 15.8 Å². The zero-order chi connectivity index (χ0) is 19.9. The van der Waals surface area contributed by atoms with Crippen molar-refractivity contribution < 1.29 is 18.7 Å². The van der Waals surface area contributed by atoms with Crippen LogP contribution in [0, 0.1) is 5.82 Å². The molecule has 3 aromatic carbocycles. The van der Waals surface area contributed by atoms with Crippen LogP contribution in [0.25, 0.3) is 0 Å². The van der Waals surface area contributed by atoms with E-state index in [1.807, 2.05) is 0 Å². The van der Waals surface area contributed by atoms with E-state index in [0.29, 0.717) is 27.7 Å². The van der Waals surface area contributed by atoms with Gasteiger partial charge in [-0.05, 0) is 72.8 Å². The van der Waals surface area contributed by atoms with Crippen molar-refractivity contribution in [1.29, 1.82) is 0 Å². The lowest BCUT2D eigenvalue weighted by atomic mass is 10.2. The van der Waals surface area contributed by atoms with Gasteiger partial charge in [-0.3, -0.25) is 9.59 Å². The van der Waals surface area contributed by atoms with E-state index in [4.69, 9.17) is 16.3 Å². The van der Waals surface area contributed by atoms with Gasteiger partial charge in [0, 0.05) is 22.0 Å². The molecule has 0 aliphatic heterocycles. The maximum Gasteiger partial charge on any atom is 0.262 e. The summed E-state index contributed by atoms with van der Waals surface area (Å²) in [4.78, 5) is 24.1. The first-order chi connectivity index (χ1) is 13.5. The van der Waals surface area contributed by atoms with E-state index >= 15 is 0 Å². The molecule has 142 valence electrons. The summed E-state index contributed by atoms with van der Waals surface area (Å²) in [7, 11) is 0. The summed E-state index contributed by atoms with van der Waals surface area (Å²) in [6.45, 7) is -0.215. The number of amides is 2. The van der Waals surface area contributed by atoms with Gasteiger partial charge in [0.25, 0.3) is 11.8 Å². The van der Waals surface area contributed by atoms with Crippen LogP contribution in [0.1, 0.15) is 10.4 Å². The predicted molar refractivity (Wildman–Crippen MR) is 106 cm³/mol. The van der Waals surface area contributed by atoms with Gasteiger partial charge in [-0.1, -0.05) is 11.6 Å². The normalized spacial score (nSPS) is 10.2. The van der Waals surface area contributed by atoms with Crippen molar-refractivity contribution in [1.82, 2.24) is 0 Å². The summed E-state index contributed by atoms with van der Waals surface area (Å²) < 4.78 is 18.2. The summed E-state index contributed by atoms with van der Waals surface area (Å²) in [6.07, 6.45) is 0. The third kappa shape index (κ3) is 5.56. The van der Waals surface area contributed by atoms with Crippen molar-refractivity contribution in [2.45, 2.75) is 0 Å². The van der Waals surface area contributed by atoms with E-state index in [1.165, 1.54) is 24.3 Å². The standard InChI is InChI=1S/C21H16ClFN2O3/c22-15-3-7-18(8-4-15)25-21(27)14-1-11-19(12-2-14)28-13-20(26)24-17-9-5-16(23)6-10-17/h1-12H,13H2,(H,24,26)(H,25,27). The average molecular weight is 399 g/mol. The van der Waals surface area contributed by atoms with Crippen LogP contribution in [0.5, 0.6) is 5.75 Å². The average Bonchev–Trinajstić information content (AvgIpc) is 2.70. The predicted octanol–water partition coefficient (Wildman–Crippen LogP) is 4.75. The van der Waals surface area contributed by atoms with Crippen molar-refractivity contribution in [3.63, 3.8) is 0 Å². The molecule has 0 unspecified atom stereocenters. The van der Waals surface area contributed by atoms with Crippen molar-refractivity contribution in [2.75, 3.05) is 17.2 Å². The molecule has 28 heavy (non-hydrogen) atoms. The van der Waals surface area contributed by atoms with Crippen LogP contribution >= 0.6 is 11.6 Å². The molecule has 0 fully saturated rings. The van der Waals surface area contributed by atoms with Gasteiger partial charge in [-0.2, -0.15) is 0 Å². The number of rotatable bonds is 6. The number of nitrogens with one attached hydrogen (secondary N) is 2. The molecule has 2 N–H and O–H groups in total. The molecule has 5 nitrogen and oxygen atoms in total. The van der Waals surface area contributed by atoms with E-state index < -0.39 is 0 Å². The quantitative estimate of drug-likeness (QED) is 0.629. The maximum absolute atomic E-state index is 12.8. The van der Waals surface area contributed by atoms with Gasteiger partial charge < -0.3 is 15.4 Å². The first-order valence-electron chi connectivity index (χ1n) is 8.35. The fourth-order valence-corrected chi connectivity index (χ4v) is 2.44. The Hall–Kier alpha value is -3.38. The molecule has 3 rings (SSSR count). The Morgan fingerprint density at radius 1 is 0.821 bits per heavy atom. The summed E-state index contributed by atoms with van der Waals surface area (Å²) in [5.74, 6) is -0.592. The SMILES string of the molecule is O=C(COc1ccc(C(=O)Nc2ccc(Cl)cc2)cc1)Nc1ccc(F)cc1. The number of benzene rings is 3. The van der Waals surface area contributed by atoms with E-state index in [9.17, 15) is 14.0 Å². The summed E-state index contributed by atoms with van der Waals surface area (Å²) in [6, 6.07) is 18.6. The topological polar surface area (TPSA) is 67.4 Å². The fraction of sp³-hybridized carbons (Fsp3) is 0.0476. The monoisotopic (exact) mass is 398 g/mol. The molecule has 0 spiro atoms. The fourth-order valence-electron chi connectivity index (χ4n) is 2.32. The molecule has 0 aliphatic rings. The molecule has 7 heteroatoms. The van der Waals surface area contributed by atoms with Crippen molar-refractivity contribution in [3.05, 3.63) is 89.2 Å². The highest BCUT2D eigenvalue weighted by Gasteiger charge is 2.08. The van der Waals surface area contributed by atoms with Crippen LogP contribution in [-0.4, -0.2) is 18.4 Å².